The van der Waals surface area contributed by atoms with Crippen LogP contribution in [0.2, 0.25) is 0 Å². The summed E-state index contributed by atoms with van der Waals surface area (Å²) in [5.41, 5.74) is 1.27. The molecule has 3 rings (SSSR count). The van der Waals surface area contributed by atoms with Crippen molar-refractivity contribution in [3.8, 4) is 22.1 Å². The van der Waals surface area contributed by atoms with Gasteiger partial charge in [0.2, 0.25) is 5.76 Å². The molecule has 140 valence electrons. The van der Waals surface area contributed by atoms with E-state index in [0.717, 1.165) is 11.6 Å². The molecule has 2 heterocycles. The summed E-state index contributed by atoms with van der Waals surface area (Å²) in [6, 6.07) is 7.72. The van der Waals surface area contributed by atoms with Crippen LogP contribution in [0.1, 0.15) is 16.2 Å². The van der Waals surface area contributed by atoms with E-state index < -0.39 is 16.8 Å². The van der Waals surface area contributed by atoms with Crippen molar-refractivity contribution in [3.05, 3.63) is 57.3 Å². The van der Waals surface area contributed by atoms with Crippen molar-refractivity contribution >= 4 is 23.2 Å². The van der Waals surface area contributed by atoms with Gasteiger partial charge in [0.1, 0.15) is 16.5 Å². The van der Waals surface area contributed by atoms with Gasteiger partial charge in [-0.05, 0) is 18.2 Å². The summed E-state index contributed by atoms with van der Waals surface area (Å²) in [6.07, 6.45) is 0. The standard InChI is InChI=1S/C17H14N2O7S/c1-23-12-5-3-4-11(15(12)24-2)16-18-10(9-27-16)8-25-17(20)13-6-7-14(26-13)19(21)22/h3-7,9H,8H2,1-2H3. The molecule has 0 saturated carbocycles. The van der Waals surface area contributed by atoms with E-state index in [4.69, 9.17) is 18.6 Å². The summed E-state index contributed by atoms with van der Waals surface area (Å²) in [5.74, 6) is -0.440. The highest BCUT2D eigenvalue weighted by Crippen LogP contribution is 2.39. The predicted molar refractivity (Wildman–Crippen MR) is 95.1 cm³/mol. The van der Waals surface area contributed by atoms with Gasteiger partial charge in [0, 0.05) is 5.38 Å². The van der Waals surface area contributed by atoms with Gasteiger partial charge in [-0.1, -0.05) is 6.07 Å². The molecule has 3 aromatic rings. The number of nitro groups is 1. The Hall–Kier alpha value is -3.40. The van der Waals surface area contributed by atoms with Crippen LogP contribution in [0.25, 0.3) is 10.6 Å². The molecule has 0 aliphatic rings. The average molecular weight is 390 g/mol. The molecule has 2 aromatic heterocycles. The maximum Gasteiger partial charge on any atom is 0.433 e. The fraction of sp³-hybridized carbons (Fsp3) is 0.176. The minimum Gasteiger partial charge on any atom is -0.493 e. The predicted octanol–water partition coefficient (Wildman–Crippen LogP) is 3.69. The Balaban J connectivity index is 1.71. The van der Waals surface area contributed by atoms with Gasteiger partial charge in [-0.25, -0.2) is 9.78 Å². The number of thiazole rings is 1. The van der Waals surface area contributed by atoms with Gasteiger partial charge < -0.3 is 18.6 Å². The van der Waals surface area contributed by atoms with Crippen LogP contribution in [-0.4, -0.2) is 30.1 Å². The Labute approximate surface area is 157 Å². The van der Waals surface area contributed by atoms with Gasteiger partial charge in [-0.15, -0.1) is 11.3 Å². The second-order valence-corrected chi connectivity index (χ2v) is 6.01. The third kappa shape index (κ3) is 3.90. The molecule has 1 aromatic carbocycles. The number of rotatable bonds is 7. The quantitative estimate of drug-likeness (QED) is 0.341. The third-order valence-electron chi connectivity index (χ3n) is 3.51. The summed E-state index contributed by atoms with van der Waals surface area (Å²) in [6.45, 7) is -0.101. The molecule has 0 aliphatic carbocycles. The minimum absolute atomic E-state index is 0.101. The number of hydrogen-bond acceptors (Lipinski definition) is 9. The third-order valence-corrected chi connectivity index (χ3v) is 4.43. The number of para-hydroxylation sites is 1. The highest BCUT2D eigenvalue weighted by Gasteiger charge is 2.19. The first-order valence-electron chi connectivity index (χ1n) is 7.60. The van der Waals surface area contributed by atoms with E-state index in [1.807, 2.05) is 12.1 Å². The smallest absolute Gasteiger partial charge is 0.433 e. The number of methoxy groups -OCH3 is 2. The topological polar surface area (TPSA) is 114 Å². The molecular formula is C17H14N2O7S. The fourth-order valence-corrected chi connectivity index (χ4v) is 3.12. The van der Waals surface area contributed by atoms with Crippen molar-refractivity contribution in [2.45, 2.75) is 6.61 Å². The lowest BCUT2D eigenvalue weighted by molar-refractivity contribution is -0.402. The molecule has 9 nitrogen and oxygen atoms in total. The van der Waals surface area contributed by atoms with Gasteiger partial charge in [0.25, 0.3) is 0 Å². The number of carbonyl (C=O) groups is 1. The van der Waals surface area contributed by atoms with Gasteiger partial charge in [0.05, 0.1) is 31.5 Å². The fourth-order valence-electron chi connectivity index (χ4n) is 2.30. The van der Waals surface area contributed by atoms with Crippen LogP contribution in [0.5, 0.6) is 11.5 Å². The number of hydrogen-bond donors (Lipinski definition) is 0. The van der Waals surface area contributed by atoms with E-state index in [2.05, 4.69) is 4.98 Å². The van der Waals surface area contributed by atoms with E-state index in [1.165, 1.54) is 17.4 Å². The van der Waals surface area contributed by atoms with Gasteiger partial charge in [-0.3, -0.25) is 10.1 Å². The number of esters is 1. The molecule has 0 saturated heterocycles. The van der Waals surface area contributed by atoms with Crippen LogP contribution < -0.4 is 9.47 Å². The molecular weight excluding hydrogens is 376 g/mol. The summed E-state index contributed by atoms with van der Waals surface area (Å²) in [4.78, 5) is 26.2. The summed E-state index contributed by atoms with van der Waals surface area (Å²) >= 11 is 1.36. The van der Waals surface area contributed by atoms with E-state index in [0.29, 0.717) is 22.2 Å². The molecule has 0 fully saturated rings. The second-order valence-electron chi connectivity index (χ2n) is 5.16. The Morgan fingerprint density at radius 3 is 2.74 bits per heavy atom. The SMILES string of the molecule is COc1cccc(-c2nc(COC(=O)c3ccc([N+](=O)[O-])o3)cs2)c1OC. The minimum atomic E-state index is -0.809. The van der Waals surface area contributed by atoms with Crippen molar-refractivity contribution in [2.75, 3.05) is 14.2 Å². The normalized spacial score (nSPS) is 10.4. The first-order valence-corrected chi connectivity index (χ1v) is 8.48. The number of nitrogens with zero attached hydrogens (tertiary/aromatic N) is 2. The Morgan fingerprint density at radius 2 is 2.07 bits per heavy atom. The van der Waals surface area contributed by atoms with E-state index in [9.17, 15) is 14.9 Å². The number of benzene rings is 1. The number of aromatic nitrogens is 1. The van der Waals surface area contributed by atoms with Crippen LogP contribution in [0.15, 0.2) is 40.1 Å². The largest absolute Gasteiger partial charge is 0.493 e. The molecule has 0 radical (unpaired) electrons. The van der Waals surface area contributed by atoms with E-state index in [1.54, 1.807) is 25.7 Å². The first kappa shape index (κ1) is 18.4. The van der Waals surface area contributed by atoms with Crippen LogP contribution in [-0.2, 0) is 11.3 Å². The molecule has 0 N–H and O–H groups in total. The summed E-state index contributed by atoms with van der Waals surface area (Å²) in [5, 5.41) is 13.0. The highest BCUT2D eigenvalue weighted by atomic mass is 32.1. The van der Waals surface area contributed by atoms with Crippen molar-refractivity contribution in [3.63, 3.8) is 0 Å². The van der Waals surface area contributed by atoms with Crippen molar-refractivity contribution in [2.24, 2.45) is 0 Å². The highest BCUT2D eigenvalue weighted by molar-refractivity contribution is 7.13. The van der Waals surface area contributed by atoms with Crippen LogP contribution >= 0.6 is 11.3 Å². The number of ether oxygens (including phenoxy) is 3. The zero-order valence-corrected chi connectivity index (χ0v) is 15.1. The van der Waals surface area contributed by atoms with Gasteiger partial charge in [0.15, 0.2) is 11.5 Å². The van der Waals surface area contributed by atoms with Crippen molar-refractivity contribution < 1.29 is 28.3 Å². The molecule has 0 unspecified atom stereocenters. The molecule has 0 atom stereocenters. The second kappa shape index (κ2) is 7.87. The molecule has 0 spiro atoms. The van der Waals surface area contributed by atoms with E-state index in [-0.39, 0.29) is 12.4 Å². The molecule has 0 bridgehead atoms. The molecule has 0 amide bonds. The zero-order chi connectivity index (χ0) is 19.4. The number of carbonyl (C=O) groups excluding carboxylic acids is 1. The van der Waals surface area contributed by atoms with Gasteiger partial charge >= 0.3 is 11.9 Å². The van der Waals surface area contributed by atoms with E-state index >= 15 is 0 Å². The average Bonchev–Trinajstić information content (AvgIpc) is 3.35. The van der Waals surface area contributed by atoms with Crippen LogP contribution in [0.3, 0.4) is 0 Å². The lowest BCUT2D eigenvalue weighted by Gasteiger charge is -2.10. The molecule has 27 heavy (non-hydrogen) atoms. The summed E-state index contributed by atoms with van der Waals surface area (Å²) < 4.78 is 20.6. The van der Waals surface area contributed by atoms with Gasteiger partial charge in [-0.2, -0.15) is 0 Å². The summed E-state index contributed by atoms with van der Waals surface area (Å²) in [7, 11) is 3.09. The monoisotopic (exact) mass is 390 g/mol. The van der Waals surface area contributed by atoms with Crippen molar-refractivity contribution in [1.82, 2.24) is 4.98 Å². The Bertz CT molecular complexity index is 979. The van der Waals surface area contributed by atoms with Crippen molar-refractivity contribution in [1.29, 1.82) is 0 Å². The maximum atomic E-state index is 11.9. The maximum absolute atomic E-state index is 11.9. The van der Waals surface area contributed by atoms with Crippen LogP contribution in [0, 0.1) is 10.1 Å². The number of furan rings is 1. The zero-order valence-electron chi connectivity index (χ0n) is 14.3. The molecule has 0 aliphatic heterocycles. The lowest BCUT2D eigenvalue weighted by atomic mass is 10.2. The van der Waals surface area contributed by atoms with Crippen LogP contribution in [0.4, 0.5) is 5.88 Å². The first-order chi connectivity index (χ1) is 13.0. The lowest BCUT2D eigenvalue weighted by Crippen LogP contribution is -2.04. The Morgan fingerprint density at radius 1 is 1.26 bits per heavy atom. The molecule has 10 heteroatoms. The Kier molecular flexibility index (Phi) is 5.36.